The first-order valence-electron chi connectivity index (χ1n) is 5.92. The fourth-order valence-corrected chi connectivity index (χ4v) is 2.07. The summed E-state index contributed by atoms with van der Waals surface area (Å²) >= 11 is 1.20. The third-order valence-electron chi connectivity index (χ3n) is 2.44. The molecule has 0 aliphatic rings. The van der Waals surface area contributed by atoms with Gasteiger partial charge in [-0.1, -0.05) is 11.8 Å². The SMILES string of the molecule is Cn1cnnc1S/C=C/C(=O)c1ccc(OC(F)(F)F)cc1. The quantitative estimate of drug-likeness (QED) is 0.479. The van der Waals surface area contributed by atoms with Gasteiger partial charge in [-0.3, -0.25) is 4.79 Å². The van der Waals surface area contributed by atoms with Gasteiger partial charge in [0.15, 0.2) is 10.9 Å². The summed E-state index contributed by atoms with van der Waals surface area (Å²) in [6, 6.07) is 4.70. The monoisotopic (exact) mass is 329 g/mol. The number of thioether (sulfide) groups is 1. The van der Waals surface area contributed by atoms with E-state index in [1.54, 1.807) is 11.6 Å². The molecule has 5 nitrogen and oxygen atoms in total. The van der Waals surface area contributed by atoms with E-state index in [1.165, 1.54) is 41.7 Å². The number of allylic oxidation sites excluding steroid dienone is 1. The van der Waals surface area contributed by atoms with Crippen molar-refractivity contribution in [3.05, 3.63) is 47.6 Å². The number of ketones is 1. The van der Waals surface area contributed by atoms with Crippen LogP contribution in [0.2, 0.25) is 0 Å². The van der Waals surface area contributed by atoms with Gasteiger partial charge in [-0.2, -0.15) is 0 Å². The van der Waals surface area contributed by atoms with Crippen LogP contribution in [0.5, 0.6) is 5.75 Å². The molecule has 0 saturated heterocycles. The lowest BCUT2D eigenvalue weighted by Crippen LogP contribution is -2.17. The summed E-state index contributed by atoms with van der Waals surface area (Å²) in [5.74, 6) is -0.713. The Hall–Kier alpha value is -2.29. The van der Waals surface area contributed by atoms with Crippen LogP contribution in [0, 0.1) is 0 Å². The first-order valence-corrected chi connectivity index (χ1v) is 6.80. The molecule has 0 amide bonds. The van der Waals surface area contributed by atoms with Crippen molar-refractivity contribution in [3.8, 4) is 5.75 Å². The third kappa shape index (κ3) is 4.62. The van der Waals surface area contributed by atoms with E-state index in [0.717, 1.165) is 12.1 Å². The molecule has 116 valence electrons. The molecule has 2 aromatic rings. The molecule has 0 atom stereocenters. The number of hydrogen-bond acceptors (Lipinski definition) is 5. The highest BCUT2D eigenvalue weighted by Crippen LogP contribution is 2.23. The number of hydrogen-bond donors (Lipinski definition) is 0. The number of aromatic nitrogens is 3. The van der Waals surface area contributed by atoms with E-state index in [9.17, 15) is 18.0 Å². The molecule has 1 aromatic heterocycles. The van der Waals surface area contributed by atoms with E-state index in [0.29, 0.717) is 5.16 Å². The first kappa shape index (κ1) is 16.1. The highest BCUT2D eigenvalue weighted by Gasteiger charge is 2.30. The summed E-state index contributed by atoms with van der Waals surface area (Å²) in [5.41, 5.74) is 0.254. The fraction of sp³-hybridized carbons (Fsp3) is 0.154. The Morgan fingerprint density at radius 1 is 1.32 bits per heavy atom. The van der Waals surface area contributed by atoms with Gasteiger partial charge in [0.2, 0.25) is 0 Å². The molecule has 0 saturated carbocycles. The maximum atomic E-state index is 12.0. The normalized spacial score (nSPS) is 11.8. The molecule has 0 fully saturated rings. The van der Waals surface area contributed by atoms with Gasteiger partial charge in [-0.25, -0.2) is 0 Å². The molecule has 2 rings (SSSR count). The second kappa shape index (κ2) is 6.65. The van der Waals surface area contributed by atoms with E-state index in [4.69, 9.17) is 0 Å². The Morgan fingerprint density at radius 3 is 2.55 bits per heavy atom. The van der Waals surface area contributed by atoms with Crippen molar-refractivity contribution in [1.29, 1.82) is 0 Å². The molecule has 0 bridgehead atoms. The van der Waals surface area contributed by atoms with Crippen LogP contribution in [0.4, 0.5) is 13.2 Å². The predicted molar refractivity (Wildman–Crippen MR) is 73.5 cm³/mol. The Morgan fingerprint density at radius 2 is 2.00 bits per heavy atom. The second-order valence-electron chi connectivity index (χ2n) is 4.08. The Kier molecular flexibility index (Phi) is 4.86. The van der Waals surface area contributed by atoms with Crippen LogP contribution in [-0.4, -0.2) is 26.9 Å². The van der Waals surface area contributed by atoms with Crippen LogP contribution in [0.25, 0.3) is 0 Å². The van der Waals surface area contributed by atoms with Gasteiger partial charge >= 0.3 is 6.36 Å². The highest BCUT2D eigenvalue weighted by molar-refractivity contribution is 8.02. The number of ether oxygens (including phenoxy) is 1. The van der Waals surface area contributed by atoms with Crippen LogP contribution in [-0.2, 0) is 7.05 Å². The van der Waals surface area contributed by atoms with Crippen LogP contribution < -0.4 is 4.74 Å². The maximum absolute atomic E-state index is 12.0. The van der Waals surface area contributed by atoms with E-state index < -0.39 is 6.36 Å². The molecule has 0 spiro atoms. The molecular formula is C13H10F3N3O2S. The lowest BCUT2D eigenvalue weighted by Gasteiger charge is -2.08. The van der Waals surface area contributed by atoms with E-state index in [-0.39, 0.29) is 17.1 Å². The number of rotatable bonds is 5. The van der Waals surface area contributed by atoms with Crippen molar-refractivity contribution in [2.45, 2.75) is 11.5 Å². The van der Waals surface area contributed by atoms with Crippen LogP contribution in [0.3, 0.4) is 0 Å². The average molecular weight is 329 g/mol. The van der Waals surface area contributed by atoms with Gasteiger partial charge in [-0.15, -0.1) is 23.4 Å². The van der Waals surface area contributed by atoms with Crippen molar-refractivity contribution in [3.63, 3.8) is 0 Å². The van der Waals surface area contributed by atoms with E-state index >= 15 is 0 Å². The summed E-state index contributed by atoms with van der Waals surface area (Å²) in [5, 5.41) is 9.65. The predicted octanol–water partition coefficient (Wildman–Crippen LogP) is 3.20. The molecule has 1 heterocycles. The minimum atomic E-state index is -4.75. The van der Waals surface area contributed by atoms with Gasteiger partial charge in [0.25, 0.3) is 0 Å². The van der Waals surface area contributed by atoms with Crippen LogP contribution in [0.15, 0.2) is 47.2 Å². The van der Waals surface area contributed by atoms with Gasteiger partial charge in [0.1, 0.15) is 12.1 Å². The summed E-state index contributed by atoms with van der Waals surface area (Å²) in [4.78, 5) is 11.8. The number of carbonyl (C=O) groups excluding carboxylic acids is 1. The zero-order chi connectivity index (χ0) is 16.2. The fourth-order valence-electron chi connectivity index (χ4n) is 1.45. The second-order valence-corrected chi connectivity index (χ2v) is 4.95. The van der Waals surface area contributed by atoms with E-state index in [1.807, 2.05) is 0 Å². The summed E-state index contributed by atoms with van der Waals surface area (Å²) in [6.07, 6.45) is -1.92. The largest absolute Gasteiger partial charge is 0.573 e. The Labute approximate surface area is 127 Å². The summed E-state index contributed by atoms with van der Waals surface area (Å²) in [7, 11) is 1.76. The standard InChI is InChI=1S/C13H10F3N3O2S/c1-19-8-17-18-12(19)22-7-6-11(20)9-2-4-10(5-3-9)21-13(14,15)16/h2-8H,1H3/b7-6+. The number of carbonyl (C=O) groups is 1. The summed E-state index contributed by atoms with van der Waals surface area (Å²) in [6.45, 7) is 0. The highest BCUT2D eigenvalue weighted by atomic mass is 32.2. The van der Waals surface area contributed by atoms with E-state index in [2.05, 4.69) is 14.9 Å². The van der Waals surface area contributed by atoms with Crippen molar-refractivity contribution < 1.29 is 22.7 Å². The summed E-state index contributed by atoms with van der Waals surface area (Å²) < 4.78 is 41.5. The zero-order valence-electron chi connectivity index (χ0n) is 11.2. The van der Waals surface area contributed by atoms with Gasteiger partial charge in [-0.05, 0) is 35.7 Å². The molecule has 9 heteroatoms. The molecule has 0 aliphatic heterocycles. The third-order valence-corrected chi connectivity index (χ3v) is 3.29. The molecule has 22 heavy (non-hydrogen) atoms. The Balaban J connectivity index is 1.96. The lowest BCUT2D eigenvalue weighted by atomic mass is 10.1. The molecular weight excluding hydrogens is 319 g/mol. The first-order chi connectivity index (χ1) is 10.3. The molecule has 0 N–H and O–H groups in total. The van der Waals surface area contributed by atoms with Crippen LogP contribution >= 0.6 is 11.8 Å². The van der Waals surface area contributed by atoms with Gasteiger partial charge in [0, 0.05) is 12.6 Å². The van der Waals surface area contributed by atoms with Gasteiger partial charge in [0.05, 0.1) is 0 Å². The number of nitrogens with zero attached hydrogens (tertiary/aromatic N) is 3. The molecule has 0 unspecified atom stereocenters. The number of alkyl halides is 3. The average Bonchev–Trinajstić information content (AvgIpc) is 2.83. The molecule has 1 aromatic carbocycles. The van der Waals surface area contributed by atoms with Crippen molar-refractivity contribution >= 4 is 17.5 Å². The molecule has 0 aliphatic carbocycles. The van der Waals surface area contributed by atoms with Crippen molar-refractivity contribution in [2.75, 3.05) is 0 Å². The van der Waals surface area contributed by atoms with Crippen molar-refractivity contribution in [2.24, 2.45) is 7.05 Å². The number of halogens is 3. The number of aryl methyl sites for hydroxylation is 1. The molecule has 0 radical (unpaired) electrons. The topological polar surface area (TPSA) is 57.0 Å². The smallest absolute Gasteiger partial charge is 0.406 e. The lowest BCUT2D eigenvalue weighted by molar-refractivity contribution is -0.274. The Bertz CT molecular complexity index is 681. The van der Waals surface area contributed by atoms with Crippen LogP contribution in [0.1, 0.15) is 10.4 Å². The zero-order valence-corrected chi connectivity index (χ0v) is 12.1. The minimum absolute atomic E-state index is 0.254. The van der Waals surface area contributed by atoms with Gasteiger partial charge < -0.3 is 9.30 Å². The maximum Gasteiger partial charge on any atom is 0.573 e. The minimum Gasteiger partial charge on any atom is -0.406 e. The number of benzene rings is 1. The van der Waals surface area contributed by atoms with Crippen molar-refractivity contribution in [1.82, 2.24) is 14.8 Å².